The monoisotopic (exact) mass is 555 g/mol. The van der Waals surface area contributed by atoms with E-state index in [2.05, 4.69) is 0 Å². The lowest BCUT2D eigenvalue weighted by Gasteiger charge is -2.25. The van der Waals surface area contributed by atoms with Gasteiger partial charge in [0, 0.05) is 11.3 Å². The van der Waals surface area contributed by atoms with Gasteiger partial charge >= 0.3 is 5.97 Å². The van der Waals surface area contributed by atoms with Gasteiger partial charge in [0.1, 0.15) is 11.5 Å². The summed E-state index contributed by atoms with van der Waals surface area (Å²) in [5, 5.41) is 21.3. The third kappa shape index (κ3) is 5.05. The van der Waals surface area contributed by atoms with Crippen LogP contribution in [0.4, 0.5) is 5.69 Å². The number of amides is 1. The maximum absolute atomic E-state index is 13.3. The van der Waals surface area contributed by atoms with Gasteiger partial charge in [-0.3, -0.25) is 14.5 Å². The Morgan fingerprint density at radius 1 is 0.974 bits per heavy atom. The van der Waals surface area contributed by atoms with Crippen LogP contribution in [-0.4, -0.2) is 41.6 Å². The molecule has 0 aromatic heterocycles. The number of aliphatic hydroxyl groups is 1. The predicted octanol–water partition coefficient (Wildman–Crippen LogP) is 5.90. The molecule has 1 atom stereocenters. The van der Waals surface area contributed by atoms with Crippen LogP contribution in [0.3, 0.4) is 0 Å². The minimum Gasteiger partial charge on any atom is -0.508 e. The number of benzene rings is 3. The zero-order valence-corrected chi connectivity index (χ0v) is 21.9. The van der Waals surface area contributed by atoms with Crippen LogP contribution in [0.25, 0.3) is 5.76 Å². The predicted molar refractivity (Wildman–Crippen MR) is 143 cm³/mol. The first-order valence-corrected chi connectivity index (χ1v) is 12.3. The molecule has 1 saturated heterocycles. The second-order valence-corrected chi connectivity index (χ2v) is 9.23. The molecule has 1 unspecified atom stereocenters. The van der Waals surface area contributed by atoms with E-state index in [0.717, 1.165) is 0 Å². The highest BCUT2D eigenvalue weighted by molar-refractivity contribution is 6.51. The summed E-state index contributed by atoms with van der Waals surface area (Å²) in [7, 11) is 1.39. The summed E-state index contributed by atoms with van der Waals surface area (Å²) in [6, 6.07) is 13.6. The van der Waals surface area contributed by atoms with Crippen LogP contribution in [0, 0.1) is 0 Å². The number of anilines is 1. The van der Waals surface area contributed by atoms with Crippen LogP contribution in [0.15, 0.2) is 66.2 Å². The van der Waals surface area contributed by atoms with Crippen molar-refractivity contribution in [2.75, 3.05) is 18.6 Å². The van der Waals surface area contributed by atoms with E-state index in [1.165, 1.54) is 72.7 Å². The van der Waals surface area contributed by atoms with Crippen molar-refractivity contribution in [2.24, 2.45) is 0 Å². The molecule has 0 bridgehead atoms. The number of aliphatic hydroxyl groups excluding tert-OH is 1. The summed E-state index contributed by atoms with van der Waals surface area (Å²) in [4.78, 5) is 40.1. The minimum atomic E-state index is -1.06. The molecule has 3 aromatic rings. The topological polar surface area (TPSA) is 113 Å². The van der Waals surface area contributed by atoms with Crippen molar-refractivity contribution in [3.8, 4) is 11.5 Å². The molecule has 0 aliphatic carbocycles. The Kier molecular flexibility index (Phi) is 7.94. The molecule has 10 heteroatoms. The fourth-order valence-corrected chi connectivity index (χ4v) is 4.80. The number of methoxy groups -OCH3 is 1. The van der Waals surface area contributed by atoms with E-state index in [0.29, 0.717) is 17.7 Å². The van der Waals surface area contributed by atoms with Crippen molar-refractivity contribution in [1.82, 2.24) is 0 Å². The van der Waals surface area contributed by atoms with E-state index in [1.54, 1.807) is 0 Å². The first-order chi connectivity index (χ1) is 18.2. The molecule has 0 radical (unpaired) electrons. The van der Waals surface area contributed by atoms with E-state index in [1.807, 2.05) is 6.92 Å². The van der Waals surface area contributed by atoms with E-state index >= 15 is 0 Å². The Labute approximate surface area is 228 Å². The summed E-state index contributed by atoms with van der Waals surface area (Å²) < 4.78 is 10.3. The number of phenols is 1. The highest BCUT2D eigenvalue weighted by atomic mass is 35.5. The van der Waals surface area contributed by atoms with Gasteiger partial charge < -0.3 is 19.7 Å². The highest BCUT2D eigenvalue weighted by Gasteiger charge is 2.47. The van der Waals surface area contributed by atoms with Crippen LogP contribution >= 0.6 is 23.2 Å². The molecule has 0 spiro atoms. The average Bonchev–Trinajstić information content (AvgIpc) is 3.17. The molecule has 1 heterocycles. The van der Waals surface area contributed by atoms with Crippen LogP contribution in [0.2, 0.25) is 10.0 Å². The SMILES string of the molecule is CCCOC(=O)c1ccc(N2C(=O)C(=O)/C(=C(/O)c3cc(Cl)c(OC)c(Cl)c3)C2c2ccc(O)cc2)cc1. The van der Waals surface area contributed by atoms with Gasteiger partial charge in [0.05, 0.1) is 40.9 Å². The van der Waals surface area contributed by atoms with E-state index in [-0.39, 0.29) is 44.9 Å². The fraction of sp³-hybridized carbons (Fsp3) is 0.179. The summed E-state index contributed by atoms with van der Waals surface area (Å²) in [5.41, 5.74) is 0.936. The van der Waals surface area contributed by atoms with Crippen molar-refractivity contribution < 1.29 is 34.1 Å². The van der Waals surface area contributed by atoms with Crippen LogP contribution in [0.1, 0.15) is 40.9 Å². The third-order valence-corrected chi connectivity index (χ3v) is 6.51. The number of esters is 1. The van der Waals surface area contributed by atoms with E-state index in [9.17, 15) is 24.6 Å². The molecule has 8 nitrogen and oxygen atoms in total. The zero-order chi connectivity index (χ0) is 27.6. The van der Waals surface area contributed by atoms with Crippen molar-refractivity contribution in [3.63, 3.8) is 0 Å². The van der Waals surface area contributed by atoms with Gasteiger partial charge in [0.15, 0.2) is 5.75 Å². The van der Waals surface area contributed by atoms with Crippen molar-refractivity contribution in [1.29, 1.82) is 0 Å². The molecular formula is C28H23Cl2NO7. The normalized spacial score (nSPS) is 16.5. The van der Waals surface area contributed by atoms with Gasteiger partial charge in [-0.05, 0) is 60.5 Å². The number of rotatable bonds is 7. The highest BCUT2D eigenvalue weighted by Crippen LogP contribution is 2.44. The molecule has 38 heavy (non-hydrogen) atoms. The maximum Gasteiger partial charge on any atom is 0.338 e. The number of ether oxygens (including phenoxy) is 2. The standard InChI is InChI=1S/C28H23Cl2NO7/c1-3-12-38-28(36)16-4-8-18(9-5-16)31-23(15-6-10-19(32)11-7-15)22(25(34)27(31)35)24(33)17-13-20(29)26(37-2)21(30)14-17/h4-11,13-14,23,32-33H,3,12H2,1-2H3/b24-22+. The average molecular weight is 556 g/mol. The van der Waals surface area contributed by atoms with Crippen LogP contribution in [0.5, 0.6) is 11.5 Å². The first-order valence-electron chi connectivity index (χ1n) is 11.6. The number of aromatic hydroxyl groups is 1. The quantitative estimate of drug-likeness (QED) is 0.161. The van der Waals surface area contributed by atoms with Gasteiger partial charge in [0.2, 0.25) is 0 Å². The molecular weight excluding hydrogens is 533 g/mol. The molecule has 1 aliphatic heterocycles. The van der Waals surface area contributed by atoms with Crippen molar-refractivity contribution in [2.45, 2.75) is 19.4 Å². The number of ketones is 1. The molecule has 3 aromatic carbocycles. The Hall–Kier alpha value is -4.01. The number of hydrogen-bond acceptors (Lipinski definition) is 7. The summed E-state index contributed by atoms with van der Waals surface area (Å²) in [6.45, 7) is 2.15. The van der Waals surface area contributed by atoms with Crippen LogP contribution in [-0.2, 0) is 14.3 Å². The number of nitrogens with zero attached hydrogens (tertiary/aromatic N) is 1. The lowest BCUT2D eigenvalue weighted by atomic mass is 9.95. The molecule has 4 rings (SSSR count). The number of carbonyl (C=O) groups excluding carboxylic acids is 3. The Balaban J connectivity index is 1.85. The maximum atomic E-state index is 13.3. The minimum absolute atomic E-state index is 0.0191. The lowest BCUT2D eigenvalue weighted by molar-refractivity contribution is -0.132. The van der Waals surface area contributed by atoms with Crippen molar-refractivity contribution >= 4 is 52.3 Å². The van der Waals surface area contributed by atoms with Crippen molar-refractivity contribution in [3.05, 3.63) is 93.0 Å². The summed E-state index contributed by atoms with van der Waals surface area (Å²) >= 11 is 12.5. The smallest absolute Gasteiger partial charge is 0.338 e. The lowest BCUT2D eigenvalue weighted by Crippen LogP contribution is -2.29. The summed E-state index contributed by atoms with van der Waals surface area (Å²) in [5.74, 6) is -2.65. The Bertz CT molecular complexity index is 1410. The third-order valence-electron chi connectivity index (χ3n) is 5.95. The van der Waals surface area contributed by atoms with Gasteiger partial charge in [-0.2, -0.15) is 0 Å². The van der Waals surface area contributed by atoms with Crippen LogP contribution < -0.4 is 9.64 Å². The fourth-order valence-electron chi connectivity index (χ4n) is 4.15. The second-order valence-electron chi connectivity index (χ2n) is 8.42. The number of phenolic OH excluding ortho intramolecular Hbond substituents is 1. The molecule has 1 fully saturated rings. The Morgan fingerprint density at radius 3 is 2.13 bits per heavy atom. The number of hydrogen-bond donors (Lipinski definition) is 2. The number of carbonyl (C=O) groups is 3. The number of Topliss-reactive ketones (excluding diaryl/α,β-unsaturated/α-hetero) is 1. The largest absolute Gasteiger partial charge is 0.508 e. The van der Waals surface area contributed by atoms with E-state index in [4.69, 9.17) is 32.7 Å². The molecule has 1 aliphatic rings. The van der Waals surface area contributed by atoms with E-state index < -0.39 is 29.5 Å². The molecule has 2 N–H and O–H groups in total. The summed E-state index contributed by atoms with van der Waals surface area (Å²) in [6.07, 6.45) is 0.672. The zero-order valence-electron chi connectivity index (χ0n) is 20.4. The van der Waals surface area contributed by atoms with Gasteiger partial charge in [-0.1, -0.05) is 42.3 Å². The van der Waals surface area contributed by atoms with Gasteiger partial charge in [0.25, 0.3) is 11.7 Å². The first kappa shape index (κ1) is 27.0. The second kappa shape index (κ2) is 11.2. The Morgan fingerprint density at radius 2 is 1.58 bits per heavy atom. The number of halogens is 2. The molecule has 1 amide bonds. The van der Waals surface area contributed by atoms with Gasteiger partial charge in [-0.25, -0.2) is 4.79 Å². The molecule has 0 saturated carbocycles. The molecule has 196 valence electrons. The van der Waals surface area contributed by atoms with Gasteiger partial charge in [-0.15, -0.1) is 0 Å².